The molecule has 0 aromatic rings. The van der Waals surface area contributed by atoms with Gasteiger partial charge in [0.05, 0.1) is 0 Å². The van der Waals surface area contributed by atoms with E-state index >= 15 is 0 Å². The average Bonchev–Trinajstić information content (AvgIpc) is 2.56. The standard InChI is InChI=1S/C10H16INO/c1-6(13)12-10-5-3-7-8(10)2-4-9(7)11/h7-10H,2-5H2,1H3,(H,12,13)/t7-,8?,9?,10?/m0/s1. The Kier molecular flexibility index (Phi) is 2.81. The van der Waals surface area contributed by atoms with Gasteiger partial charge >= 0.3 is 0 Å². The zero-order chi connectivity index (χ0) is 9.42. The molecule has 1 N–H and O–H groups in total. The number of halogens is 1. The van der Waals surface area contributed by atoms with Crippen LogP contribution in [0.25, 0.3) is 0 Å². The van der Waals surface area contributed by atoms with E-state index in [1.807, 2.05) is 0 Å². The molecule has 2 saturated carbocycles. The number of alkyl halides is 1. The Balaban J connectivity index is 1.98. The van der Waals surface area contributed by atoms with Gasteiger partial charge in [-0.3, -0.25) is 4.79 Å². The molecule has 2 fully saturated rings. The van der Waals surface area contributed by atoms with Gasteiger partial charge in [-0.05, 0) is 37.5 Å². The van der Waals surface area contributed by atoms with Gasteiger partial charge < -0.3 is 5.32 Å². The third-order valence-electron chi connectivity index (χ3n) is 3.51. The van der Waals surface area contributed by atoms with Crippen molar-refractivity contribution in [1.29, 1.82) is 0 Å². The van der Waals surface area contributed by atoms with Crippen LogP contribution in [0, 0.1) is 11.8 Å². The van der Waals surface area contributed by atoms with Crippen molar-refractivity contribution in [2.45, 2.75) is 42.6 Å². The number of carbonyl (C=O) groups is 1. The van der Waals surface area contributed by atoms with E-state index < -0.39 is 0 Å². The van der Waals surface area contributed by atoms with Crippen molar-refractivity contribution >= 4 is 28.5 Å². The van der Waals surface area contributed by atoms with E-state index in [1.54, 1.807) is 6.92 Å². The summed E-state index contributed by atoms with van der Waals surface area (Å²) >= 11 is 2.58. The minimum absolute atomic E-state index is 0.141. The van der Waals surface area contributed by atoms with Crippen molar-refractivity contribution < 1.29 is 4.79 Å². The minimum Gasteiger partial charge on any atom is -0.353 e. The molecule has 3 heteroatoms. The fraction of sp³-hybridized carbons (Fsp3) is 0.900. The molecule has 3 unspecified atom stereocenters. The lowest BCUT2D eigenvalue weighted by Crippen LogP contribution is -2.36. The third kappa shape index (κ3) is 1.85. The van der Waals surface area contributed by atoms with Crippen LogP contribution in [0.3, 0.4) is 0 Å². The number of rotatable bonds is 1. The number of amides is 1. The lowest BCUT2D eigenvalue weighted by atomic mass is 9.98. The second kappa shape index (κ2) is 3.75. The normalized spacial score (nSPS) is 43.2. The smallest absolute Gasteiger partial charge is 0.217 e. The Labute approximate surface area is 93.0 Å². The first-order valence-corrected chi connectivity index (χ1v) is 6.34. The van der Waals surface area contributed by atoms with Crippen LogP contribution >= 0.6 is 22.6 Å². The molecule has 0 aromatic carbocycles. The summed E-state index contributed by atoms with van der Waals surface area (Å²) in [5.74, 6) is 1.81. The topological polar surface area (TPSA) is 29.1 Å². The van der Waals surface area contributed by atoms with Gasteiger partial charge in [-0.25, -0.2) is 0 Å². The highest BCUT2D eigenvalue weighted by Gasteiger charge is 2.43. The van der Waals surface area contributed by atoms with Crippen LogP contribution in [0.15, 0.2) is 0 Å². The Bertz CT molecular complexity index is 219. The van der Waals surface area contributed by atoms with Crippen LogP contribution in [-0.4, -0.2) is 15.9 Å². The molecular formula is C10H16INO. The molecule has 0 radical (unpaired) electrons. The average molecular weight is 293 g/mol. The molecular weight excluding hydrogens is 277 g/mol. The van der Waals surface area contributed by atoms with Crippen LogP contribution < -0.4 is 5.32 Å². The molecule has 0 bridgehead atoms. The molecule has 4 atom stereocenters. The zero-order valence-electron chi connectivity index (χ0n) is 7.92. The molecule has 0 spiro atoms. The van der Waals surface area contributed by atoms with Crippen LogP contribution in [-0.2, 0) is 4.79 Å². The van der Waals surface area contributed by atoms with Crippen LogP contribution in [0.4, 0.5) is 0 Å². The predicted molar refractivity (Wildman–Crippen MR) is 60.9 cm³/mol. The highest BCUT2D eigenvalue weighted by atomic mass is 127. The Morgan fingerprint density at radius 1 is 1.23 bits per heavy atom. The molecule has 13 heavy (non-hydrogen) atoms. The predicted octanol–water partition coefficient (Wildman–Crippen LogP) is 2.11. The largest absolute Gasteiger partial charge is 0.353 e. The lowest BCUT2D eigenvalue weighted by molar-refractivity contribution is -0.119. The fourth-order valence-electron chi connectivity index (χ4n) is 2.97. The van der Waals surface area contributed by atoms with Crippen LogP contribution in [0.5, 0.6) is 0 Å². The van der Waals surface area contributed by atoms with E-state index in [4.69, 9.17) is 0 Å². The Morgan fingerprint density at radius 2 is 1.92 bits per heavy atom. The quantitative estimate of drug-likeness (QED) is 0.582. The maximum atomic E-state index is 11.0. The minimum atomic E-state index is 0.141. The van der Waals surface area contributed by atoms with Gasteiger partial charge in [-0.2, -0.15) is 0 Å². The van der Waals surface area contributed by atoms with Crippen molar-refractivity contribution in [1.82, 2.24) is 5.32 Å². The summed E-state index contributed by atoms with van der Waals surface area (Å²) in [5.41, 5.74) is 0. The zero-order valence-corrected chi connectivity index (χ0v) is 10.1. The molecule has 1 amide bonds. The SMILES string of the molecule is CC(=O)NC1CC[C@@H]2C(I)CCC12. The third-order valence-corrected chi connectivity index (χ3v) is 5.05. The monoisotopic (exact) mass is 293 g/mol. The fourth-order valence-corrected chi connectivity index (χ4v) is 4.22. The van der Waals surface area contributed by atoms with Gasteiger partial charge in [0.25, 0.3) is 0 Å². The molecule has 2 nitrogen and oxygen atoms in total. The van der Waals surface area contributed by atoms with E-state index in [0.717, 1.165) is 15.8 Å². The van der Waals surface area contributed by atoms with E-state index in [-0.39, 0.29) is 5.91 Å². The Hall–Kier alpha value is 0.200. The summed E-state index contributed by atoms with van der Waals surface area (Å²) in [4.78, 5) is 11.0. The van der Waals surface area contributed by atoms with Gasteiger partial charge in [0.2, 0.25) is 5.91 Å². The summed E-state index contributed by atoms with van der Waals surface area (Å²) in [7, 11) is 0. The number of carbonyl (C=O) groups excluding carboxylic acids is 1. The van der Waals surface area contributed by atoms with Crippen molar-refractivity contribution in [3.05, 3.63) is 0 Å². The van der Waals surface area contributed by atoms with Gasteiger partial charge in [0.15, 0.2) is 0 Å². The molecule has 0 heterocycles. The highest BCUT2D eigenvalue weighted by molar-refractivity contribution is 14.1. The summed E-state index contributed by atoms with van der Waals surface area (Å²) in [6.07, 6.45) is 5.20. The lowest BCUT2D eigenvalue weighted by Gasteiger charge is -2.19. The molecule has 0 saturated heterocycles. The van der Waals surface area contributed by atoms with E-state index in [9.17, 15) is 4.79 Å². The summed E-state index contributed by atoms with van der Waals surface area (Å²) in [5, 5.41) is 3.09. The maximum Gasteiger partial charge on any atom is 0.217 e. The molecule has 0 aliphatic heterocycles. The molecule has 2 aliphatic rings. The molecule has 0 aromatic heterocycles. The van der Waals surface area contributed by atoms with Crippen molar-refractivity contribution in [2.75, 3.05) is 0 Å². The van der Waals surface area contributed by atoms with Gasteiger partial charge in [0.1, 0.15) is 0 Å². The number of fused-ring (bicyclic) bond motifs is 1. The van der Waals surface area contributed by atoms with Crippen molar-refractivity contribution in [3.8, 4) is 0 Å². The first kappa shape index (κ1) is 9.74. The molecule has 74 valence electrons. The number of hydrogen-bond donors (Lipinski definition) is 1. The van der Waals surface area contributed by atoms with Gasteiger partial charge in [0, 0.05) is 16.9 Å². The second-order valence-corrected chi connectivity index (χ2v) is 5.91. The van der Waals surface area contributed by atoms with E-state index in [1.165, 1.54) is 25.7 Å². The van der Waals surface area contributed by atoms with Crippen LogP contribution in [0.2, 0.25) is 0 Å². The highest BCUT2D eigenvalue weighted by Crippen LogP contribution is 2.47. The van der Waals surface area contributed by atoms with Crippen LogP contribution in [0.1, 0.15) is 32.6 Å². The summed E-state index contributed by atoms with van der Waals surface area (Å²) < 4.78 is 0.862. The van der Waals surface area contributed by atoms with Gasteiger partial charge in [-0.1, -0.05) is 22.6 Å². The number of hydrogen-bond acceptors (Lipinski definition) is 1. The Morgan fingerprint density at radius 3 is 2.62 bits per heavy atom. The van der Waals surface area contributed by atoms with Crippen molar-refractivity contribution in [3.63, 3.8) is 0 Å². The van der Waals surface area contributed by atoms with Gasteiger partial charge in [-0.15, -0.1) is 0 Å². The molecule has 2 aliphatic carbocycles. The summed E-state index contributed by atoms with van der Waals surface area (Å²) in [6.45, 7) is 1.63. The maximum absolute atomic E-state index is 11.0. The first-order chi connectivity index (χ1) is 6.18. The van der Waals surface area contributed by atoms with E-state index in [2.05, 4.69) is 27.9 Å². The van der Waals surface area contributed by atoms with E-state index in [0.29, 0.717) is 6.04 Å². The van der Waals surface area contributed by atoms with Crippen molar-refractivity contribution in [2.24, 2.45) is 11.8 Å². The number of nitrogens with one attached hydrogen (secondary N) is 1. The second-order valence-electron chi connectivity index (χ2n) is 4.31. The summed E-state index contributed by atoms with van der Waals surface area (Å²) in [6, 6.07) is 0.488. The first-order valence-electron chi connectivity index (χ1n) is 5.09. The molecule has 2 rings (SSSR count).